The molecule has 0 unspecified atom stereocenters. The third-order valence-corrected chi connectivity index (χ3v) is 3.78. The van der Waals surface area contributed by atoms with Crippen LogP contribution in [0.3, 0.4) is 0 Å². The fourth-order valence-corrected chi connectivity index (χ4v) is 2.25. The highest BCUT2D eigenvalue weighted by atomic mass is 19.1. The summed E-state index contributed by atoms with van der Waals surface area (Å²) >= 11 is 0. The molecule has 1 N–H and O–H groups in total. The van der Waals surface area contributed by atoms with Crippen LogP contribution in [0.5, 0.6) is 0 Å². The lowest BCUT2D eigenvalue weighted by Crippen LogP contribution is -2.31. The summed E-state index contributed by atoms with van der Waals surface area (Å²) in [6.07, 6.45) is 0. The van der Waals surface area contributed by atoms with E-state index in [1.807, 2.05) is 12.1 Å². The van der Waals surface area contributed by atoms with Gasteiger partial charge in [0.25, 0.3) is 0 Å². The maximum absolute atomic E-state index is 12.9. The molecule has 0 radical (unpaired) electrons. The number of hydrogen-bond acceptors (Lipinski definition) is 2. The molecule has 0 saturated heterocycles. The van der Waals surface area contributed by atoms with E-state index in [0.717, 1.165) is 11.3 Å². The summed E-state index contributed by atoms with van der Waals surface area (Å²) in [5.74, 6) is 0.212. The van der Waals surface area contributed by atoms with E-state index in [-0.39, 0.29) is 18.3 Å². The van der Waals surface area contributed by atoms with Crippen molar-refractivity contribution in [2.75, 3.05) is 18.9 Å². The number of rotatable bonds is 6. The normalized spacial score (nSPS) is 10.7. The molecule has 0 atom stereocenters. The fourth-order valence-electron chi connectivity index (χ4n) is 2.25. The highest BCUT2D eigenvalue weighted by Gasteiger charge is 2.09. The molecule has 0 bridgehead atoms. The van der Waals surface area contributed by atoms with E-state index in [0.29, 0.717) is 12.5 Å². The molecular formula is C19H23FN2O. The minimum Gasteiger partial charge on any atom is -0.376 e. The van der Waals surface area contributed by atoms with Crippen molar-refractivity contribution < 1.29 is 9.18 Å². The largest absolute Gasteiger partial charge is 0.376 e. The third-order valence-electron chi connectivity index (χ3n) is 3.78. The van der Waals surface area contributed by atoms with Crippen LogP contribution >= 0.6 is 0 Å². The molecular weight excluding hydrogens is 291 g/mol. The van der Waals surface area contributed by atoms with Crippen molar-refractivity contribution in [1.29, 1.82) is 0 Å². The lowest BCUT2D eigenvalue weighted by molar-refractivity contribution is -0.128. The van der Waals surface area contributed by atoms with Crippen LogP contribution in [0.25, 0.3) is 0 Å². The van der Waals surface area contributed by atoms with Crippen LogP contribution in [0, 0.1) is 5.82 Å². The Labute approximate surface area is 137 Å². The number of nitrogens with zero attached hydrogens (tertiary/aromatic N) is 1. The van der Waals surface area contributed by atoms with Crippen molar-refractivity contribution in [1.82, 2.24) is 4.90 Å². The highest BCUT2D eigenvalue weighted by Crippen LogP contribution is 2.17. The van der Waals surface area contributed by atoms with E-state index >= 15 is 0 Å². The van der Waals surface area contributed by atoms with Crippen molar-refractivity contribution in [3.8, 4) is 0 Å². The van der Waals surface area contributed by atoms with Crippen molar-refractivity contribution in [2.45, 2.75) is 26.3 Å². The van der Waals surface area contributed by atoms with Gasteiger partial charge in [-0.2, -0.15) is 0 Å². The molecule has 0 aliphatic heterocycles. The molecule has 0 aliphatic rings. The lowest BCUT2D eigenvalue weighted by Gasteiger charge is -2.18. The Kier molecular flexibility index (Phi) is 5.74. The van der Waals surface area contributed by atoms with E-state index in [4.69, 9.17) is 0 Å². The van der Waals surface area contributed by atoms with Gasteiger partial charge in [0, 0.05) is 19.3 Å². The average Bonchev–Trinajstić information content (AvgIpc) is 2.55. The Hall–Kier alpha value is -2.36. The maximum atomic E-state index is 12.9. The molecule has 122 valence electrons. The molecule has 1 amide bonds. The lowest BCUT2D eigenvalue weighted by atomic mass is 10.0. The number of benzene rings is 2. The number of nitrogens with one attached hydrogen (secondary N) is 1. The van der Waals surface area contributed by atoms with Crippen molar-refractivity contribution in [3.63, 3.8) is 0 Å². The second-order valence-corrected chi connectivity index (χ2v) is 6.01. The molecule has 23 heavy (non-hydrogen) atoms. The van der Waals surface area contributed by atoms with Gasteiger partial charge in [0.15, 0.2) is 0 Å². The average molecular weight is 314 g/mol. The first-order chi connectivity index (χ1) is 11.0. The van der Waals surface area contributed by atoms with Crippen molar-refractivity contribution in [3.05, 3.63) is 65.5 Å². The SMILES string of the molecule is CC(C)c1ccc(NCC(=O)N(C)Cc2ccc(F)cc2)cc1. The minimum absolute atomic E-state index is 0.0118. The molecule has 3 nitrogen and oxygen atoms in total. The van der Waals surface area contributed by atoms with Gasteiger partial charge in [0.05, 0.1) is 6.54 Å². The Morgan fingerprint density at radius 2 is 1.70 bits per heavy atom. The number of carbonyl (C=O) groups excluding carboxylic acids is 1. The monoisotopic (exact) mass is 314 g/mol. The standard InChI is InChI=1S/C19H23FN2O/c1-14(2)16-6-10-18(11-7-16)21-12-19(23)22(3)13-15-4-8-17(20)9-5-15/h4-11,14,21H,12-13H2,1-3H3. The quantitative estimate of drug-likeness (QED) is 0.873. The van der Waals surface area contributed by atoms with E-state index in [2.05, 4.69) is 31.3 Å². The number of carbonyl (C=O) groups is 1. The molecule has 2 aromatic rings. The van der Waals surface area contributed by atoms with Gasteiger partial charge in [-0.1, -0.05) is 38.1 Å². The van der Waals surface area contributed by atoms with Crippen LogP contribution in [0.15, 0.2) is 48.5 Å². The summed E-state index contributed by atoms with van der Waals surface area (Å²) in [6, 6.07) is 14.3. The summed E-state index contributed by atoms with van der Waals surface area (Å²) in [5, 5.41) is 3.14. The van der Waals surface area contributed by atoms with Crippen LogP contribution in [0.2, 0.25) is 0 Å². The molecule has 0 heterocycles. The molecule has 2 aromatic carbocycles. The number of anilines is 1. The van der Waals surface area contributed by atoms with E-state index in [9.17, 15) is 9.18 Å². The number of hydrogen-bond donors (Lipinski definition) is 1. The van der Waals surface area contributed by atoms with Gasteiger partial charge in [-0.15, -0.1) is 0 Å². The smallest absolute Gasteiger partial charge is 0.241 e. The number of amides is 1. The first-order valence-corrected chi connectivity index (χ1v) is 7.78. The maximum Gasteiger partial charge on any atom is 0.241 e. The topological polar surface area (TPSA) is 32.3 Å². The first-order valence-electron chi connectivity index (χ1n) is 7.78. The van der Waals surface area contributed by atoms with Crippen molar-refractivity contribution >= 4 is 11.6 Å². The van der Waals surface area contributed by atoms with Gasteiger partial charge in [-0.25, -0.2) is 4.39 Å². The van der Waals surface area contributed by atoms with E-state index in [1.165, 1.54) is 17.7 Å². The number of halogens is 1. The summed E-state index contributed by atoms with van der Waals surface area (Å²) in [7, 11) is 1.75. The Morgan fingerprint density at radius 1 is 1.09 bits per heavy atom. The minimum atomic E-state index is -0.269. The summed E-state index contributed by atoms with van der Waals surface area (Å²) in [6.45, 7) is 5.00. The summed E-state index contributed by atoms with van der Waals surface area (Å²) in [5.41, 5.74) is 3.11. The molecule has 0 saturated carbocycles. The molecule has 4 heteroatoms. The molecule has 0 aromatic heterocycles. The van der Waals surface area contributed by atoms with Gasteiger partial charge in [0.1, 0.15) is 5.82 Å². The molecule has 0 fully saturated rings. The summed E-state index contributed by atoms with van der Waals surface area (Å²) < 4.78 is 12.9. The zero-order valence-corrected chi connectivity index (χ0v) is 13.8. The molecule has 2 rings (SSSR count). The van der Waals surface area contributed by atoms with Crippen molar-refractivity contribution in [2.24, 2.45) is 0 Å². The van der Waals surface area contributed by atoms with Crippen LogP contribution in [0.4, 0.5) is 10.1 Å². The zero-order valence-electron chi connectivity index (χ0n) is 13.8. The Bertz CT molecular complexity index is 635. The van der Waals surface area contributed by atoms with E-state index < -0.39 is 0 Å². The second kappa shape index (κ2) is 7.77. The molecule has 0 aliphatic carbocycles. The predicted molar refractivity (Wildman–Crippen MR) is 91.9 cm³/mol. The second-order valence-electron chi connectivity index (χ2n) is 6.01. The van der Waals surface area contributed by atoms with Gasteiger partial charge in [0.2, 0.25) is 5.91 Å². The van der Waals surface area contributed by atoms with Crippen LogP contribution in [0.1, 0.15) is 30.9 Å². The predicted octanol–water partition coefficient (Wildman–Crippen LogP) is 4.02. The van der Waals surface area contributed by atoms with E-state index in [1.54, 1.807) is 24.1 Å². The van der Waals surface area contributed by atoms with Gasteiger partial charge < -0.3 is 10.2 Å². The van der Waals surface area contributed by atoms with Crippen LogP contribution in [-0.4, -0.2) is 24.4 Å². The van der Waals surface area contributed by atoms with Gasteiger partial charge in [-0.05, 0) is 41.3 Å². The third kappa shape index (κ3) is 5.09. The Morgan fingerprint density at radius 3 is 2.26 bits per heavy atom. The highest BCUT2D eigenvalue weighted by molar-refractivity contribution is 5.80. The van der Waals surface area contributed by atoms with Crippen LogP contribution in [-0.2, 0) is 11.3 Å². The fraction of sp³-hybridized carbons (Fsp3) is 0.316. The van der Waals surface area contributed by atoms with Gasteiger partial charge >= 0.3 is 0 Å². The van der Waals surface area contributed by atoms with Crippen LogP contribution < -0.4 is 5.32 Å². The van der Waals surface area contributed by atoms with Gasteiger partial charge in [-0.3, -0.25) is 4.79 Å². The summed E-state index contributed by atoms with van der Waals surface area (Å²) in [4.78, 5) is 13.8. The first kappa shape index (κ1) is 17.0. The molecule has 0 spiro atoms. The zero-order chi connectivity index (χ0) is 16.8. The Balaban J connectivity index is 1.84. The number of likely N-dealkylation sites (N-methyl/N-ethyl adjacent to an activating group) is 1.